The monoisotopic (exact) mass is 550 g/mol. The molecule has 2 heterocycles. The summed E-state index contributed by atoms with van der Waals surface area (Å²) in [6.45, 7) is 7.28. The molecule has 0 radical (unpaired) electrons. The number of likely N-dealkylation sites (tertiary alicyclic amines) is 2. The van der Waals surface area contributed by atoms with Gasteiger partial charge in [-0.1, -0.05) is 18.2 Å². The minimum atomic E-state index is -0.338. The Labute approximate surface area is 235 Å². The summed E-state index contributed by atoms with van der Waals surface area (Å²) in [5.41, 5.74) is 1.02. The Morgan fingerprint density at radius 2 is 1.45 bits per heavy atom. The van der Waals surface area contributed by atoms with Crippen molar-refractivity contribution in [2.75, 3.05) is 44.5 Å². The van der Waals surface area contributed by atoms with Crippen molar-refractivity contribution in [2.45, 2.75) is 45.6 Å². The van der Waals surface area contributed by atoms with Crippen LogP contribution in [0.25, 0.3) is 0 Å². The zero-order valence-corrected chi connectivity index (χ0v) is 23.8. The maximum atomic E-state index is 13.2. The molecule has 0 aliphatic carbocycles. The van der Waals surface area contributed by atoms with Gasteiger partial charge in [-0.25, -0.2) is 0 Å². The van der Waals surface area contributed by atoms with E-state index in [2.05, 4.69) is 10.6 Å². The minimum absolute atomic E-state index is 0.00939. The zero-order valence-electron chi connectivity index (χ0n) is 23.8. The number of hydrogen-bond donors (Lipinski definition) is 2. The number of piperidine rings is 1. The van der Waals surface area contributed by atoms with E-state index in [0.29, 0.717) is 60.9 Å². The number of nitrogens with one attached hydrogen (secondary N) is 2. The molecule has 1 unspecified atom stereocenters. The van der Waals surface area contributed by atoms with Crippen LogP contribution >= 0.6 is 0 Å². The summed E-state index contributed by atoms with van der Waals surface area (Å²) >= 11 is 0. The van der Waals surface area contributed by atoms with Gasteiger partial charge in [0, 0.05) is 55.2 Å². The van der Waals surface area contributed by atoms with Crippen LogP contribution in [-0.4, -0.2) is 72.8 Å². The normalized spacial score (nSPS) is 17.9. The van der Waals surface area contributed by atoms with Gasteiger partial charge in [0.15, 0.2) is 0 Å². The molecule has 2 fully saturated rings. The molecule has 2 aromatic rings. The number of rotatable bonds is 7. The number of anilines is 2. The summed E-state index contributed by atoms with van der Waals surface area (Å²) < 4.78 is 11.0. The number of amides is 4. The summed E-state index contributed by atoms with van der Waals surface area (Å²) in [6, 6.07) is 12.0. The Balaban J connectivity index is 1.37. The van der Waals surface area contributed by atoms with Gasteiger partial charge >= 0.3 is 0 Å². The van der Waals surface area contributed by atoms with Crippen LogP contribution in [0.15, 0.2) is 42.5 Å². The quantitative estimate of drug-likeness (QED) is 0.542. The van der Waals surface area contributed by atoms with Crippen LogP contribution in [-0.2, 0) is 14.4 Å². The molecule has 2 aliphatic rings. The molecule has 0 bridgehead atoms. The molecule has 0 spiro atoms. The Bertz CT molecular complexity index is 1260. The van der Waals surface area contributed by atoms with Crippen LogP contribution in [0.5, 0.6) is 11.5 Å². The number of benzene rings is 2. The van der Waals surface area contributed by atoms with Crippen LogP contribution in [0.3, 0.4) is 0 Å². The van der Waals surface area contributed by atoms with E-state index in [4.69, 9.17) is 9.47 Å². The van der Waals surface area contributed by atoms with Crippen LogP contribution in [0.2, 0.25) is 0 Å². The molecule has 10 nitrogen and oxygen atoms in total. The molecule has 2 saturated heterocycles. The van der Waals surface area contributed by atoms with Crippen LogP contribution in [0.1, 0.15) is 50.4 Å². The van der Waals surface area contributed by atoms with E-state index in [1.54, 1.807) is 46.2 Å². The highest BCUT2D eigenvalue weighted by Gasteiger charge is 2.41. The van der Waals surface area contributed by atoms with Crippen molar-refractivity contribution in [2.24, 2.45) is 11.8 Å². The highest BCUT2D eigenvalue weighted by molar-refractivity contribution is 6.05. The van der Waals surface area contributed by atoms with E-state index in [9.17, 15) is 19.2 Å². The third kappa shape index (κ3) is 6.38. The van der Waals surface area contributed by atoms with Crippen molar-refractivity contribution < 1.29 is 28.7 Å². The van der Waals surface area contributed by atoms with Crippen molar-refractivity contribution in [3.8, 4) is 11.5 Å². The fourth-order valence-electron chi connectivity index (χ4n) is 5.25. The van der Waals surface area contributed by atoms with Gasteiger partial charge in [-0.2, -0.15) is 0 Å². The number of nitrogens with zero attached hydrogens (tertiary/aromatic N) is 2. The van der Waals surface area contributed by atoms with E-state index in [1.807, 2.05) is 26.8 Å². The standard InChI is InChI=1S/C30H38N4O6/c1-30(2,3)34-18-21(15-26(34)35)29(38)33-13-11-20(12-14-33)28(37)32-23-17-24(39-4)22(16-25(23)40-5)31-27(36)19-9-7-6-8-10-19/h6-10,16-17,20-21H,11-15,18H2,1-5H3,(H,31,36)(H,32,37). The fourth-order valence-corrected chi connectivity index (χ4v) is 5.25. The van der Waals surface area contributed by atoms with E-state index in [-0.39, 0.29) is 47.4 Å². The largest absolute Gasteiger partial charge is 0.494 e. The van der Waals surface area contributed by atoms with Gasteiger partial charge in [0.05, 0.1) is 31.5 Å². The van der Waals surface area contributed by atoms with Crippen LogP contribution in [0.4, 0.5) is 11.4 Å². The molecule has 2 aliphatic heterocycles. The van der Waals surface area contributed by atoms with Crippen molar-refractivity contribution in [3.63, 3.8) is 0 Å². The van der Waals surface area contributed by atoms with Gasteiger partial charge in [0.2, 0.25) is 17.7 Å². The molecule has 2 aromatic carbocycles. The molecule has 1 atom stereocenters. The van der Waals surface area contributed by atoms with Gasteiger partial charge in [0.1, 0.15) is 11.5 Å². The lowest BCUT2D eigenvalue weighted by molar-refractivity contribution is -0.138. The predicted molar refractivity (Wildman–Crippen MR) is 151 cm³/mol. The molecule has 214 valence electrons. The maximum absolute atomic E-state index is 13.2. The smallest absolute Gasteiger partial charge is 0.255 e. The summed E-state index contributed by atoms with van der Waals surface area (Å²) in [7, 11) is 2.97. The van der Waals surface area contributed by atoms with E-state index in [0.717, 1.165) is 0 Å². The van der Waals surface area contributed by atoms with Gasteiger partial charge < -0.3 is 29.9 Å². The van der Waals surface area contributed by atoms with Gasteiger partial charge in [-0.05, 0) is 45.7 Å². The molecule has 10 heteroatoms. The number of hydrogen-bond acceptors (Lipinski definition) is 6. The molecule has 4 amide bonds. The Morgan fingerprint density at radius 1 is 0.875 bits per heavy atom. The Morgan fingerprint density at radius 3 is 1.98 bits per heavy atom. The fraction of sp³-hybridized carbons (Fsp3) is 0.467. The van der Waals surface area contributed by atoms with Crippen molar-refractivity contribution in [3.05, 3.63) is 48.0 Å². The predicted octanol–water partition coefficient (Wildman–Crippen LogP) is 3.78. The molecule has 2 N–H and O–H groups in total. The second-order valence-corrected chi connectivity index (χ2v) is 11.2. The lowest BCUT2D eigenvalue weighted by Gasteiger charge is -2.34. The number of carbonyl (C=O) groups is 4. The van der Waals surface area contributed by atoms with E-state index >= 15 is 0 Å². The Hall–Kier alpha value is -4.08. The lowest BCUT2D eigenvalue weighted by atomic mass is 9.94. The number of ether oxygens (including phenoxy) is 2. The first-order valence-electron chi connectivity index (χ1n) is 13.5. The average Bonchev–Trinajstić information content (AvgIpc) is 3.35. The molecule has 0 aromatic heterocycles. The second-order valence-electron chi connectivity index (χ2n) is 11.2. The summed E-state index contributed by atoms with van der Waals surface area (Å²) in [6.07, 6.45) is 1.28. The SMILES string of the molecule is COc1cc(NC(=O)C2CCN(C(=O)C3CC(=O)N(C(C)(C)C)C3)CC2)c(OC)cc1NC(=O)c1ccccc1. The Kier molecular flexibility index (Phi) is 8.66. The zero-order chi connectivity index (χ0) is 29.0. The van der Waals surface area contributed by atoms with Crippen molar-refractivity contribution in [1.82, 2.24) is 9.80 Å². The molecule has 40 heavy (non-hydrogen) atoms. The lowest BCUT2D eigenvalue weighted by Crippen LogP contribution is -2.46. The van der Waals surface area contributed by atoms with Crippen LogP contribution in [0, 0.1) is 11.8 Å². The molecule has 4 rings (SSSR count). The van der Waals surface area contributed by atoms with Gasteiger partial charge in [-0.3, -0.25) is 19.2 Å². The second kappa shape index (κ2) is 12.0. The number of carbonyl (C=O) groups excluding carboxylic acids is 4. The first-order valence-corrected chi connectivity index (χ1v) is 13.5. The summed E-state index contributed by atoms with van der Waals surface area (Å²) in [5.74, 6) is -0.358. The molecular formula is C30H38N4O6. The topological polar surface area (TPSA) is 117 Å². The third-order valence-electron chi connectivity index (χ3n) is 7.53. The summed E-state index contributed by atoms with van der Waals surface area (Å²) in [5, 5.41) is 5.76. The molecule has 0 saturated carbocycles. The third-order valence-corrected chi connectivity index (χ3v) is 7.53. The van der Waals surface area contributed by atoms with E-state index in [1.165, 1.54) is 14.2 Å². The highest BCUT2D eigenvalue weighted by atomic mass is 16.5. The van der Waals surface area contributed by atoms with Gasteiger partial charge in [-0.15, -0.1) is 0 Å². The van der Waals surface area contributed by atoms with Crippen LogP contribution < -0.4 is 20.1 Å². The van der Waals surface area contributed by atoms with Crippen molar-refractivity contribution >= 4 is 35.0 Å². The van der Waals surface area contributed by atoms with E-state index < -0.39 is 0 Å². The summed E-state index contributed by atoms with van der Waals surface area (Å²) in [4.78, 5) is 55.0. The van der Waals surface area contributed by atoms with Crippen molar-refractivity contribution in [1.29, 1.82) is 0 Å². The maximum Gasteiger partial charge on any atom is 0.255 e. The first-order chi connectivity index (χ1) is 19.0. The first kappa shape index (κ1) is 28.9. The highest BCUT2D eigenvalue weighted by Crippen LogP contribution is 2.37. The molecular weight excluding hydrogens is 512 g/mol. The average molecular weight is 551 g/mol. The number of methoxy groups -OCH3 is 2. The minimum Gasteiger partial charge on any atom is -0.494 e. The van der Waals surface area contributed by atoms with Gasteiger partial charge in [0.25, 0.3) is 5.91 Å².